The Kier molecular flexibility index (Phi) is 8.02. The van der Waals surface area contributed by atoms with Crippen molar-refractivity contribution in [3.8, 4) is 17.3 Å². The number of carbonyl (C=O) groups excluding carboxylic acids is 1. The number of anilines is 1. The number of likely N-dealkylation sites (tertiary alicyclic amines) is 1. The first-order valence-electron chi connectivity index (χ1n) is 15.6. The molecule has 3 saturated heterocycles. The molecule has 46 heavy (non-hydrogen) atoms. The summed E-state index contributed by atoms with van der Waals surface area (Å²) in [7, 11) is 1.74. The van der Waals surface area contributed by atoms with Crippen molar-refractivity contribution < 1.29 is 23.4 Å². The van der Waals surface area contributed by atoms with Crippen molar-refractivity contribution in [1.29, 1.82) is 0 Å². The van der Waals surface area contributed by atoms with Crippen LogP contribution in [-0.2, 0) is 4.79 Å². The normalized spacial score (nSPS) is 24.8. The van der Waals surface area contributed by atoms with Gasteiger partial charge in [-0.3, -0.25) is 14.7 Å². The smallest absolute Gasteiger partial charge is 0.319 e. The number of aliphatic hydroxyl groups excluding tert-OH is 1. The number of likely N-dealkylation sites (N-methyl/N-ethyl adjacent to an activating group) is 1. The molecule has 2 aromatic carbocycles. The Balaban J connectivity index is 1.34. The third kappa shape index (κ3) is 5.24. The minimum absolute atomic E-state index is 0.0132. The number of ether oxygens (including phenoxy) is 1. The molecular formula is C34H35ClF2N6O3. The minimum atomic E-state index is -0.935. The van der Waals surface area contributed by atoms with Crippen LogP contribution in [0.4, 0.5) is 14.6 Å². The molecule has 9 nitrogen and oxygen atoms in total. The molecule has 0 radical (unpaired) electrons. The maximum absolute atomic E-state index is 16.7. The van der Waals surface area contributed by atoms with Crippen molar-refractivity contribution in [3.63, 3.8) is 0 Å². The second-order valence-corrected chi connectivity index (χ2v) is 13.0. The number of rotatable bonds is 7. The quantitative estimate of drug-likeness (QED) is 0.274. The molecule has 0 unspecified atom stereocenters. The zero-order valence-electron chi connectivity index (χ0n) is 25.5. The number of alkyl halides is 1. The van der Waals surface area contributed by atoms with Gasteiger partial charge < -0.3 is 19.6 Å². The van der Waals surface area contributed by atoms with Gasteiger partial charge in [0, 0.05) is 55.3 Å². The van der Waals surface area contributed by atoms with Crippen LogP contribution in [0.2, 0.25) is 5.02 Å². The Morgan fingerprint density at radius 1 is 1.24 bits per heavy atom. The summed E-state index contributed by atoms with van der Waals surface area (Å²) in [6.07, 6.45) is 3.49. The van der Waals surface area contributed by atoms with E-state index in [0.29, 0.717) is 53.1 Å². The highest BCUT2D eigenvalue weighted by Gasteiger charge is 2.49. The van der Waals surface area contributed by atoms with Gasteiger partial charge in [0.05, 0.1) is 23.1 Å². The van der Waals surface area contributed by atoms with Crippen molar-refractivity contribution in [1.82, 2.24) is 24.8 Å². The SMILES string of the molecule is C=CC(=O)N1CC[C@@H](O)[C@H](N(C)c2nc(OC[C@@]34CCCN3C[C@H](F)C4)nc3c(F)c(-c4cccc5cccc(Cl)c45)ncc23)C1. The van der Waals surface area contributed by atoms with Crippen LogP contribution in [-0.4, -0.2) is 99.5 Å². The molecule has 2 aromatic heterocycles. The molecule has 0 bridgehead atoms. The highest BCUT2D eigenvalue weighted by molar-refractivity contribution is 6.36. The first-order chi connectivity index (χ1) is 22.2. The fourth-order valence-electron chi connectivity index (χ4n) is 7.47. The van der Waals surface area contributed by atoms with E-state index in [4.69, 9.17) is 21.3 Å². The molecule has 0 saturated carbocycles. The number of pyridine rings is 1. The highest BCUT2D eigenvalue weighted by atomic mass is 35.5. The summed E-state index contributed by atoms with van der Waals surface area (Å²) in [4.78, 5) is 31.8. The Morgan fingerprint density at radius 2 is 2.04 bits per heavy atom. The molecule has 3 aliphatic heterocycles. The van der Waals surface area contributed by atoms with Gasteiger partial charge in [0.15, 0.2) is 5.82 Å². The molecule has 4 aromatic rings. The Bertz CT molecular complexity index is 1840. The topological polar surface area (TPSA) is 94.9 Å². The minimum Gasteiger partial charge on any atom is -0.461 e. The average molecular weight is 649 g/mol. The lowest BCUT2D eigenvalue weighted by atomic mass is 9.95. The van der Waals surface area contributed by atoms with Crippen LogP contribution in [0.15, 0.2) is 55.3 Å². The first-order valence-corrected chi connectivity index (χ1v) is 15.9. The number of fused-ring (bicyclic) bond motifs is 3. The molecule has 12 heteroatoms. The van der Waals surface area contributed by atoms with Crippen molar-refractivity contribution in [2.45, 2.75) is 49.5 Å². The third-order valence-corrected chi connectivity index (χ3v) is 10.2. The molecule has 5 heterocycles. The Hall–Kier alpha value is -3.93. The van der Waals surface area contributed by atoms with Crippen LogP contribution in [0.5, 0.6) is 6.01 Å². The van der Waals surface area contributed by atoms with Gasteiger partial charge in [-0.25, -0.2) is 8.78 Å². The number of nitrogens with zero attached hydrogens (tertiary/aromatic N) is 6. The van der Waals surface area contributed by atoms with Crippen LogP contribution >= 0.6 is 11.6 Å². The predicted molar refractivity (Wildman–Crippen MR) is 173 cm³/mol. The van der Waals surface area contributed by atoms with Gasteiger partial charge in [-0.15, -0.1) is 0 Å². The highest BCUT2D eigenvalue weighted by Crippen LogP contribution is 2.41. The molecule has 0 spiro atoms. The van der Waals surface area contributed by atoms with E-state index in [1.54, 1.807) is 29.0 Å². The summed E-state index contributed by atoms with van der Waals surface area (Å²) in [5.41, 5.74) is 0.110. The number of amides is 1. The largest absolute Gasteiger partial charge is 0.461 e. The number of hydrogen-bond donors (Lipinski definition) is 1. The molecule has 4 atom stereocenters. The van der Waals surface area contributed by atoms with Crippen LogP contribution < -0.4 is 9.64 Å². The molecular weight excluding hydrogens is 614 g/mol. The second kappa shape index (κ2) is 12.0. The number of halogens is 3. The lowest BCUT2D eigenvalue weighted by molar-refractivity contribution is -0.128. The summed E-state index contributed by atoms with van der Waals surface area (Å²) >= 11 is 6.59. The number of aliphatic hydroxyl groups is 1. The summed E-state index contributed by atoms with van der Waals surface area (Å²) in [6.45, 7) is 5.52. The Morgan fingerprint density at radius 3 is 2.85 bits per heavy atom. The maximum Gasteiger partial charge on any atom is 0.319 e. The number of hydrogen-bond acceptors (Lipinski definition) is 8. The van der Waals surface area contributed by atoms with E-state index in [9.17, 15) is 14.3 Å². The van der Waals surface area contributed by atoms with Crippen molar-refractivity contribution >= 4 is 45.0 Å². The van der Waals surface area contributed by atoms with Gasteiger partial charge in [0.25, 0.3) is 0 Å². The van der Waals surface area contributed by atoms with Gasteiger partial charge in [0.1, 0.15) is 29.8 Å². The number of benzene rings is 2. The summed E-state index contributed by atoms with van der Waals surface area (Å²) in [5.74, 6) is -0.623. The molecule has 3 aliphatic rings. The Labute approximate surface area is 270 Å². The van der Waals surface area contributed by atoms with Gasteiger partial charge in [-0.2, -0.15) is 9.97 Å². The first kappa shape index (κ1) is 30.7. The summed E-state index contributed by atoms with van der Waals surface area (Å²) in [6, 6.07) is 10.3. The van der Waals surface area contributed by atoms with Crippen LogP contribution in [0.25, 0.3) is 32.9 Å². The van der Waals surface area contributed by atoms with E-state index >= 15 is 4.39 Å². The van der Waals surface area contributed by atoms with E-state index in [0.717, 1.165) is 24.8 Å². The third-order valence-electron chi connectivity index (χ3n) is 9.85. The standard InChI is InChI=1S/C34H35ClF2N6O3/c1-3-27(45)42-14-11-26(44)25(18-42)41(2)32-23-16-38-30(22-9-4-7-20-8-5-10-24(35)28(20)22)29(37)31(23)39-33(40-32)46-19-34-12-6-13-43(34)17-21(36)15-34/h3-5,7-10,16,21,25-26,44H,1,6,11-15,17-19H2,2H3/t21-,25-,26-,34+/m1/s1. The van der Waals surface area contributed by atoms with E-state index in [1.807, 2.05) is 24.3 Å². The fraction of sp³-hybridized carbons (Fsp3) is 0.412. The fourth-order valence-corrected chi connectivity index (χ4v) is 7.75. The van der Waals surface area contributed by atoms with E-state index in [2.05, 4.69) is 21.4 Å². The zero-order valence-corrected chi connectivity index (χ0v) is 26.3. The lowest BCUT2D eigenvalue weighted by Crippen LogP contribution is -2.55. The van der Waals surface area contributed by atoms with Gasteiger partial charge >= 0.3 is 6.01 Å². The number of aromatic nitrogens is 3. The average Bonchev–Trinajstić information content (AvgIpc) is 3.59. The van der Waals surface area contributed by atoms with Crippen LogP contribution in [0, 0.1) is 5.82 Å². The maximum atomic E-state index is 16.7. The summed E-state index contributed by atoms with van der Waals surface area (Å²) < 4.78 is 37.4. The molecule has 0 aliphatic carbocycles. The van der Waals surface area contributed by atoms with Crippen molar-refractivity contribution in [2.75, 3.05) is 44.7 Å². The van der Waals surface area contributed by atoms with Crippen molar-refractivity contribution in [2.24, 2.45) is 0 Å². The van der Waals surface area contributed by atoms with E-state index in [1.165, 1.54) is 12.3 Å². The van der Waals surface area contributed by atoms with Gasteiger partial charge in [-0.1, -0.05) is 48.5 Å². The molecule has 7 rings (SSSR count). The zero-order chi connectivity index (χ0) is 32.2. The second-order valence-electron chi connectivity index (χ2n) is 12.5. The molecule has 1 amide bonds. The van der Waals surface area contributed by atoms with Crippen molar-refractivity contribution in [3.05, 3.63) is 66.1 Å². The van der Waals surface area contributed by atoms with E-state index in [-0.39, 0.29) is 36.3 Å². The lowest BCUT2D eigenvalue weighted by Gasteiger charge is -2.41. The number of carbonyl (C=O) groups is 1. The predicted octanol–water partition coefficient (Wildman–Crippen LogP) is 5.18. The molecule has 3 fully saturated rings. The monoisotopic (exact) mass is 648 g/mol. The van der Waals surface area contributed by atoms with Crippen LogP contribution in [0.3, 0.4) is 0 Å². The number of piperidine rings is 1. The van der Waals surface area contributed by atoms with Gasteiger partial charge in [0.2, 0.25) is 5.91 Å². The molecule has 240 valence electrons. The van der Waals surface area contributed by atoms with Gasteiger partial charge in [-0.05, 0) is 43.3 Å². The van der Waals surface area contributed by atoms with Crippen LogP contribution in [0.1, 0.15) is 25.7 Å². The van der Waals surface area contributed by atoms with E-state index < -0.39 is 29.7 Å². The molecule has 1 N–H and O–H groups in total. The summed E-state index contributed by atoms with van der Waals surface area (Å²) in [5, 5.41) is 13.3.